The quantitative estimate of drug-likeness (QED) is 0.676. The Balaban J connectivity index is 2.35. The highest BCUT2D eigenvalue weighted by Gasteiger charge is 2.08. The summed E-state index contributed by atoms with van der Waals surface area (Å²) >= 11 is 3.67. The Morgan fingerprint density at radius 2 is 1.83 bits per heavy atom. The lowest BCUT2D eigenvalue weighted by Gasteiger charge is -2.15. The van der Waals surface area contributed by atoms with Gasteiger partial charge in [-0.25, -0.2) is 0 Å². The van der Waals surface area contributed by atoms with Gasteiger partial charge < -0.3 is 9.47 Å². The second-order valence-electron chi connectivity index (χ2n) is 4.88. The van der Waals surface area contributed by atoms with E-state index in [4.69, 9.17) is 9.47 Å². The zero-order chi connectivity index (χ0) is 13.1. The maximum Gasteiger partial charge on any atom is 0.0767 e. The first-order valence-corrected chi connectivity index (χ1v) is 8.17. The summed E-state index contributed by atoms with van der Waals surface area (Å²) in [5.74, 6) is 0. The van der Waals surface area contributed by atoms with Gasteiger partial charge in [-0.1, -0.05) is 48.0 Å². The molecule has 2 nitrogen and oxygen atoms in total. The van der Waals surface area contributed by atoms with E-state index in [1.54, 1.807) is 0 Å². The van der Waals surface area contributed by atoms with E-state index in [2.05, 4.69) is 22.0 Å². The van der Waals surface area contributed by atoms with Crippen LogP contribution in [0.2, 0.25) is 0 Å². The van der Waals surface area contributed by atoms with Gasteiger partial charge in [0.25, 0.3) is 0 Å². The third-order valence-electron chi connectivity index (χ3n) is 3.28. The van der Waals surface area contributed by atoms with Crippen molar-refractivity contribution in [1.82, 2.24) is 0 Å². The topological polar surface area (TPSA) is 18.5 Å². The Morgan fingerprint density at radius 1 is 1.11 bits per heavy atom. The number of hydrogen-bond acceptors (Lipinski definition) is 2. The summed E-state index contributed by atoms with van der Waals surface area (Å²) in [6.07, 6.45) is 12.9. The molecule has 0 bridgehead atoms. The van der Waals surface area contributed by atoms with Gasteiger partial charge in [0.05, 0.1) is 19.3 Å². The second-order valence-corrected chi connectivity index (χ2v) is 5.90. The van der Waals surface area contributed by atoms with Crippen LogP contribution in [0.25, 0.3) is 0 Å². The first-order valence-electron chi connectivity index (χ1n) is 7.38. The highest BCUT2D eigenvalue weighted by Crippen LogP contribution is 2.21. The van der Waals surface area contributed by atoms with Crippen LogP contribution in [0.4, 0.5) is 0 Å². The lowest BCUT2D eigenvalue weighted by atomic mass is 10.1. The number of hydrogen-bond donors (Lipinski definition) is 0. The van der Waals surface area contributed by atoms with Crippen molar-refractivity contribution in [2.75, 3.05) is 19.8 Å². The van der Waals surface area contributed by atoms with E-state index >= 15 is 0 Å². The molecule has 0 aliphatic heterocycles. The van der Waals surface area contributed by atoms with E-state index < -0.39 is 0 Å². The number of rotatable bonds is 5. The van der Waals surface area contributed by atoms with E-state index in [0.29, 0.717) is 13.2 Å². The predicted octanol–water partition coefficient (Wildman–Crippen LogP) is 4.82. The Hall–Kier alpha value is 0.140. The summed E-state index contributed by atoms with van der Waals surface area (Å²) in [4.78, 5) is 0. The molecule has 0 aromatic rings. The van der Waals surface area contributed by atoms with Crippen molar-refractivity contribution in [1.29, 1.82) is 0 Å². The van der Waals surface area contributed by atoms with E-state index in [-0.39, 0.29) is 6.10 Å². The minimum atomic E-state index is 0.262. The Morgan fingerprint density at radius 3 is 2.61 bits per heavy atom. The zero-order valence-electron chi connectivity index (χ0n) is 11.6. The van der Waals surface area contributed by atoms with Gasteiger partial charge in [-0.3, -0.25) is 0 Å². The summed E-state index contributed by atoms with van der Waals surface area (Å²) in [5.41, 5.74) is 0. The third-order valence-corrected chi connectivity index (χ3v) is 3.95. The normalized spacial score (nSPS) is 26.1. The van der Waals surface area contributed by atoms with Crippen LogP contribution in [0.3, 0.4) is 0 Å². The van der Waals surface area contributed by atoms with Gasteiger partial charge in [-0.05, 0) is 36.7 Å². The molecule has 0 saturated carbocycles. The van der Waals surface area contributed by atoms with Crippen LogP contribution in [0.15, 0.2) is 10.6 Å². The van der Waals surface area contributed by atoms with Gasteiger partial charge in [0, 0.05) is 6.61 Å². The van der Waals surface area contributed by atoms with E-state index in [1.807, 2.05) is 6.92 Å². The van der Waals surface area contributed by atoms with Gasteiger partial charge in [0.2, 0.25) is 0 Å². The second kappa shape index (κ2) is 11.0. The van der Waals surface area contributed by atoms with Crippen LogP contribution in [-0.4, -0.2) is 25.9 Å². The summed E-state index contributed by atoms with van der Waals surface area (Å²) in [5, 5.41) is 0. The predicted molar refractivity (Wildman–Crippen MR) is 80.2 cm³/mol. The van der Waals surface area contributed by atoms with Crippen LogP contribution in [0.1, 0.15) is 58.3 Å². The Labute approximate surface area is 120 Å². The average molecular weight is 319 g/mol. The summed E-state index contributed by atoms with van der Waals surface area (Å²) < 4.78 is 12.5. The summed E-state index contributed by atoms with van der Waals surface area (Å²) in [7, 11) is 0. The van der Waals surface area contributed by atoms with Crippen LogP contribution in [0.5, 0.6) is 0 Å². The lowest BCUT2D eigenvalue weighted by molar-refractivity contribution is 0.0229. The van der Waals surface area contributed by atoms with Gasteiger partial charge in [-0.15, -0.1) is 0 Å². The molecule has 1 aliphatic carbocycles. The first-order chi connectivity index (χ1) is 8.83. The highest BCUT2D eigenvalue weighted by molar-refractivity contribution is 9.11. The van der Waals surface area contributed by atoms with Gasteiger partial charge in [0.1, 0.15) is 0 Å². The fourth-order valence-electron chi connectivity index (χ4n) is 2.25. The molecule has 18 heavy (non-hydrogen) atoms. The summed E-state index contributed by atoms with van der Waals surface area (Å²) in [6, 6.07) is 0. The Kier molecular flexibility index (Phi) is 9.90. The van der Waals surface area contributed by atoms with Crippen molar-refractivity contribution in [2.24, 2.45) is 0 Å². The molecule has 106 valence electrons. The lowest BCUT2D eigenvalue weighted by Crippen LogP contribution is -2.14. The van der Waals surface area contributed by atoms with Gasteiger partial charge >= 0.3 is 0 Å². The Bertz CT molecular complexity index is 229. The van der Waals surface area contributed by atoms with Crippen molar-refractivity contribution >= 4 is 15.9 Å². The van der Waals surface area contributed by atoms with Crippen LogP contribution in [0, 0.1) is 0 Å². The fourth-order valence-corrected chi connectivity index (χ4v) is 2.82. The van der Waals surface area contributed by atoms with Crippen molar-refractivity contribution in [3.63, 3.8) is 0 Å². The molecule has 0 aromatic heterocycles. The van der Waals surface area contributed by atoms with Crippen LogP contribution < -0.4 is 0 Å². The zero-order valence-corrected chi connectivity index (χ0v) is 13.2. The third kappa shape index (κ3) is 8.28. The minimum absolute atomic E-state index is 0.262. The van der Waals surface area contributed by atoms with Crippen molar-refractivity contribution in [3.8, 4) is 0 Å². The standard InChI is InChI=1S/C15H27BrO2/c1-2-17-11-12-18-15-10-8-6-4-3-5-7-9-14(16)13-15/h13,15H,2-12H2,1H3/b14-13+. The van der Waals surface area contributed by atoms with E-state index in [1.165, 1.54) is 43.0 Å². The maximum atomic E-state index is 5.90. The molecule has 1 unspecified atom stereocenters. The van der Waals surface area contributed by atoms with Gasteiger partial charge in [0.15, 0.2) is 0 Å². The van der Waals surface area contributed by atoms with Crippen molar-refractivity contribution in [3.05, 3.63) is 10.6 Å². The molecular formula is C15H27BrO2. The number of ether oxygens (including phenoxy) is 2. The fraction of sp³-hybridized carbons (Fsp3) is 0.867. The van der Waals surface area contributed by atoms with Crippen molar-refractivity contribution < 1.29 is 9.47 Å². The monoisotopic (exact) mass is 318 g/mol. The van der Waals surface area contributed by atoms with Crippen molar-refractivity contribution in [2.45, 2.75) is 64.4 Å². The molecule has 1 atom stereocenters. The average Bonchev–Trinajstić information content (AvgIpc) is 2.40. The van der Waals surface area contributed by atoms with E-state index in [0.717, 1.165) is 19.4 Å². The molecule has 1 aliphatic rings. The molecule has 0 spiro atoms. The molecular weight excluding hydrogens is 292 g/mol. The molecule has 0 heterocycles. The molecule has 3 heteroatoms. The highest BCUT2D eigenvalue weighted by atomic mass is 79.9. The number of allylic oxidation sites excluding steroid dienone is 1. The van der Waals surface area contributed by atoms with Gasteiger partial charge in [-0.2, -0.15) is 0 Å². The molecule has 0 radical (unpaired) electrons. The SMILES string of the molecule is CCOCCOC1/C=C(/Br)CCCCCCCC1. The minimum Gasteiger partial charge on any atom is -0.379 e. The largest absolute Gasteiger partial charge is 0.379 e. The van der Waals surface area contributed by atoms with Crippen LogP contribution >= 0.6 is 15.9 Å². The first kappa shape index (κ1) is 16.2. The number of halogens is 1. The smallest absolute Gasteiger partial charge is 0.0767 e. The maximum absolute atomic E-state index is 5.90. The van der Waals surface area contributed by atoms with E-state index in [9.17, 15) is 0 Å². The molecule has 0 saturated heterocycles. The molecule has 0 aromatic carbocycles. The molecule has 0 N–H and O–H groups in total. The molecule has 0 amide bonds. The molecule has 0 fully saturated rings. The molecule has 1 rings (SSSR count). The van der Waals surface area contributed by atoms with Crippen LogP contribution in [-0.2, 0) is 9.47 Å². The summed E-state index contributed by atoms with van der Waals surface area (Å²) in [6.45, 7) is 4.20.